The van der Waals surface area contributed by atoms with Crippen LogP contribution in [-0.4, -0.2) is 27.4 Å². The molecule has 2 aromatic heterocycles. The summed E-state index contributed by atoms with van der Waals surface area (Å²) in [5, 5.41) is 6.22. The summed E-state index contributed by atoms with van der Waals surface area (Å²) < 4.78 is 9.19. The Kier molecular flexibility index (Phi) is 3.85. The summed E-state index contributed by atoms with van der Waals surface area (Å²) >= 11 is 0. The Morgan fingerprint density at radius 3 is 2.50 bits per heavy atom. The Morgan fingerprint density at radius 1 is 1.14 bits per heavy atom. The Labute approximate surface area is 162 Å². The number of methoxy groups -OCH3 is 1. The number of hydrogen-bond donors (Lipinski definition) is 2. The van der Waals surface area contributed by atoms with Gasteiger partial charge in [0.2, 0.25) is 0 Å². The molecule has 0 atom stereocenters. The van der Waals surface area contributed by atoms with Gasteiger partial charge in [-0.25, -0.2) is 0 Å². The van der Waals surface area contributed by atoms with Crippen LogP contribution >= 0.6 is 0 Å². The minimum atomic E-state index is -0.554. The number of aryl methyl sites for hydroxylation is 3. The second-order valence-electron chi connectivity index (χ2n) is 7.17. The molecule has 2 heterocycles. The number of ether oxygens (including phenoxy) is 1. The maximum absolute atomic E-state index is 12.3. The van der Waals surface area contributed by atoms with E-state index < -0.39 is 5.91 Å². The fourth-order valence-electron chi connectivity index (χ4n) is 4.13. The fourth-order valence-corrected chi connectivity index (χ4v) is 4.13. The standard InChI is InChI=1S/C21H23N5O2/c1-10-6-7-15(28-5)12(3)18(10)26-19-13(16(20(26)22)21(23)27)8-11(2)17-14(19)9-25(4)24-17/h6-9H,22H2,1-5H3,(H2,23,27). The minimum absolute atomic E-state index is 0.317. The zero-order valence-electron chi connectivity index (χ0n) is 16.6. The summed E-state index contributed by atoms with van der Waals surface area (Å²) in [4.78, 5) is 12.3. The number of primary amides is 1. The van der Waals surface area contributed by atoms with Crippen molar-refractivity contribution in [2.45, 2.75) is 20.8 Å². The number of benzene rings is 2. The molecule has 0 aliphatic heterocycles. The van der Waals surface area contributed by atoms with Crippen molar-refractivity contribution in [1.29, 1.82) is 0 Å². The van der Waals surface area contributed by atoms with E-state index >= 15 is 0 Å². The Balaban J connectivity index is 2.30. The number of anilines is 1. The van der Waals surface area contributed by atoms with E-state index in [0.717, 1.165) is 49.9 Å². The number of nitrogens with zero attached hydrogens (tertiary/aromatic N) is 3. The number of fused-ring (bicyclic) bond motifs is 3. The van der Waals surface area contributed by atoms with Gasteiger partial charge in [-0.05, 0) is 44.0 Å². The third-order valence-electron chi connectivity index (χ3n) is 5.34. The van der Waals surface area contributed by atoms with Crippen molar-refractivity contribution < 1.29 is 9.53 Å². The molecule has 0 aliphatic rings. The molecular weight excluding hydrogens is 354 g/mol. The number of carbonyl (C=O) groups excluding carboxylic acids is 1. The average molecular weight is 377 g/mol. The first kappa shape index (κ1) is 17.9. The van der Waals surface area contributed by atoms with Crippen molar-refractivity contribution >= 4 is 33.5 Å². The Morgan fingerprint density at radius 2 is 1.86 bits per heavy atom. The monoisotopic (exact) mass is 377 g/mol. The van der Waals surface area contributed by atoms with Gasteiger partial charge in [0.25, 0.3) is 5.91 Å². The lowest BCUT2D eigenvalue weighted by atomic mass is 10.0. The topological polar surface area (TPSA) is 101 Å². The first-order chi connectivity index (χ1) is 13.3. The Bertz CT molecular complexity index is 1280. The van der Waals surface area contributed by atoms with Crippen LogP contribution in [0.25, 0.3) is 27.5 Å². The second kappa shape index (κ2) is 6.02. The van der Waals surface area contributed by atoms with Crippen molar-refractivity contribution in [2.24, 2.45) is 12.8 Å². The molecule has 4 aromatic rings. The molecule has 28 heavy (non-hydrogen) atoms. The molecule has 0 fully saturated rings. The van der Waals surface area contributed by atoms with Gasteiger partial charge >= 0.3 is 0 Å². The van der Waals surface area contributed by atoms with Gasteiger partial charge in [0.1, 0.15) is 11.6 Å². The smallest absolute Gasteiger partial charge is 0.253 e. The molecule has 7 nitrogen and oxygen atoms in total. The van der Waals surface area contributed by atoms with E-state index in [1.54, 1.807) is 11.8 Å². The first-order valence-corrected chi connectivity index (χ1v) is 8.97. The van der Waals surface area contributed by atoms with E-state index in [1.807, 2.05) is 56.8 Å². The molecular formula is C21H23N5O2. The highest BCUT2D eigenvalue weighted by molar-refractivity contribution is 6.18. The molecule has 0 radical (unpaired) electrons. The first-order valence-electron chi connectivity index (χ1n) is 8.97. The summed E-state index contributed by atoms with van der Waals surface area (Å²) in [7, 11) is 3.51. The van der Waals surface area contributed by atoms with Crippen molar-refractivity contribution in [2.75, 3.05) is 12.8 Å². The molecule has 0 unspecified atom stereocenters. The van der Waals surface area contributed by atoms with Crippen molar-refractivity contribution in [3.63, 3.8) is 0 Å². The van der Waals surface area contributed by atoms with E-state index in [0.29, 0.717) is 11.4 Å². The zero-order valence-corrected chi connectivity index (χ0v) is 16.6. The van der Waals surface area contributed by atoms with Gasteiger partial charge in [-0.2, -0.15) is 5.10 Å². The molecule has 0 bridgehead atoms. The van der Waals surface area contributed by atoms with Gasteiger partial charge in [-0.3, -0.25) is 14.0 Å². The number of hydrogen-bond acceptors (Lipinski definition) is 4. The van der Waals surface area contributed by atoms with Crippen LogP contribution in [0.5, 0.6) is 5.75 Å². The van der Waals surface area contributed by atoms with Crippen LogP contribution < -0.4 is 16.2 Å². The number of aromatic nitrogens is 3. The number of nitrogens with two attached hydrogens (primary N) is 2. The highest BCUT2D eigenvalue weighted by atomic mass is 16.5. The van der Waals surface area contributed by atoms with Gasteiger partial charge in [0, 0.05) is 29.6 Å². The van der Waals surface area contributed by atoms with Crippen LogP contribution in [-0.2, 0) is 7.05 Å². The molecule has 0 saturated heterocycles. The fraction of sp³-hybridized carbons (Fsp3) is 0.238. The molecule has 144 valence electrons. The quantitative estimate of drug-likeness (QED) is 0.573. The highest BCUT2D eigenvalue weighted by Gasteiger charge is 2.25. The van der Waals surface area contributed by atoms with Crippen LogP contribution in [0.2, 0.25) is 0 Å². The van der Waals surface area contributed by atoms with Crippen LogP contribution in [0.3, 0.4) is 0 Å². The molecule has 2 aromatic carbocycles. The lowest BCUT2D eigenvalue weighted by Gasteiger charge is -2.17. The summed E-state index contributed by atoms with van der Waals surface area (Å²) in [6.07, 6.45) is 1.94. The van der Waals surface area contributed by atoms with E-state index in [9.17, 15) is 4.79 Å². The van der Waals surface area contributed by atoms with Crippen LogP contribution in [0.4, 0.5) is 5.82 Å². The molecule has 0 spiro atoms. The number of nitrogen functional groups attached to an aromatic ring is 1. The highest BCUT2D eigenvalue weighted by Crippen LogP contribution is 2.40. The Hall–Kier alpha value is -3.48. The van der Waals surface area contributed by atoms with Gasteiger partial charge in [0.05, 0.1) is 29.4 Å². The second-order valence-corrected chi connectivity index (χ2v) is 7.17. The lowest BCUT2D eigenvalue weighted by Crippen LogP contribution is -2.14. The van der Waals surface area contributed by atoms with Crippen molar-refractivity contribution in [3.05, 3.63) is 46.6 Å². The number of amides is 1. The molecule has 0 saturated carbocycles. The van der Waals surface area contributed by atoms with Crippen LogP contribution in [0.15, 0.2) is 24.4 Å². The molecule has 7 heteroatoms. The van der Waals surface area contributed by atoms with E-state index in [-0.39, 0.29) is 0 Å². The SMILES string of the molecule is COc1ccc(C)c(-n2c(N)c(C(N)=O)c3cc(C)c4nn(C)cc4c32)c1C. The van der Waals surface area contributed by atoms with Gasteiger partial charge in [0.15, 0.2) is 0 Å². The van der Waals surface area contributed by atoms with Gasteiger partial charge < -0.3 is 16.2 Å². The predicted molar refractivity (Wildman–Crippen MR) is 111 cm³/mol. The molecule has 0 aliphatic carbocycles. The maximum atomic E-state index is 12.3. The van der Waals surface area contributed by atoms with Crippen LogP contribution in [0.1, 0.15) is 27.0 Å². The van der Waals surface area contributed by atoms with E-state index in [1.165, 1.54) is 0 Å². The summed E-state index contributed by atoms with van der Waals surface area (Å²) in [6.45, 7) is 5.95. The van der Waals surface area contributed by atoms with E-state index in [4.69, 9.17) is 16.2 Å². The number of rotatable bonds is 3. The van der Waals surface area contributed by atoms with Crippen molar-refractivity contribution in [1.82, 2.24) is 14.3 Å². The van der Waals surface area contributed by atoms with E-state index in [2.05, 4.69) is 5.10 Å². The van der Waals surface area contributed by atoms with Crippen LogP contribution in [0, 0.1) is 20.8 Å². The summed E-state index contributed by atoms with van der Waals surface area (Å²) in [5.74, 6) is 0.511. The normalized spacial score (nSPS) is 11.5. The summed E-state index contributed by atoms with van der Waals surface area (Å²) in [6, 6.07) is 5.84. The minimum Gasteiger partial charge on any atom is -0.496 e. The average Bonchev–Trinajstić information content (AvgIpc) is 3.13. The third-order valence-corrected chi connectivity index (χ3v) is 5.34. The molecule has 4 rings (SSSR count). The molecule has 1 amide bonds. The zero-order chi connectivity index (χ0) is 20.3. The number of carbonyl (C=O) groups is 1. The largest absolute Gasteiger partial charge is 0.496 e. The predicted octanol–water partition coefficient (Wildman–Crippen LogP) is 3.13. The lowest BCUT2D eigenvalue weighted by molar-refractivity contribution is 0.100. The van der Waals surface area contributed by atoms with Gasteiger partial charge in [-0.1, -0.05) is 6.07 Å². The third kappa shape index (κ3) is 2.29. The molecule has 4 N–H and O–H groups in total. The van der Waals surface area contributed by atoms with Gasteiger partial charge in [-0.15, -0.1) is 0 Å². The van der Waals surface area contributed by atoms with Crippen molar-refractivity contribution in [3.8, 4) is 11.4 Å². The summed E-state index contributed by atoms with van der Waals surface area (Å²) in [5.41, 5.74) is 18.0. The maximum Gasteiger partial charge on any atom is 0.253 e.